The van der Waals surface area contributed by atoms with Crippen LogP contribution in [0.3, 0.4) is 0 Å². The number of nitrogens with zero attached hydrogens (tertiary/aromatic N) is 4. The molecule has 8 aromatic carbocycles. The van der Waals surface area contributed by atoms with E-state index in [-0.39, 0.29) is 0 Å². The first-order valence-corrected chi connectivity index (χ1v) is 19.0. The molecule has 0 amide bonds. The number of aromatic nitrogens is 4. The molecule has 0 unspecified atom stereocenters. The van der Waals surface area contributed by atoms with E-state index in [0.29, 0.717) is 17.5 Å². The Bertz CT molecular complexity index is 3540. The Hall–Kier alpha value is -7.83. The summed E-state index contributed by atoms with van der Waals surface area (Å²) in [5.41, 5.74) is 11.4. The summed E-state index contributed by atoms with van der Waals surface area (Å²) < 4.78 is 15.1. The second-order valence-electron chi connectivity index (χ2n) is 14.4. The van der Waals surface area contributed by atoms with Gasteiger partial charge in [-0.15, -0.1) is 0 Å². The van der Waals surface area contributed by atoms with E-state index in [9.17, 15) is 0 Å². The molecule has 6 heteroatoms. The van der Waals surface area contributed by atoms with Crippen LogP contribution in [0.2, 0.25) is 0 Å². The molecule has 0 aliphatic rings. The van der Waals surface area contributed by atoms with E-state index in [1.165, 1.54) is 11.1 Å². The van der Waals surface area contributed by atoms with Crippen molar-refractivity contribution < 1.29 is 8.83 Å². The van der Waals surface area contributed by atoms with Crippen LogP contribution < -0.4 is 0 Å². The zero-order valence-corrected chi connectivity index (χ0v) is 30.4. The molecule has 0 saturated heterocycles. The lowest BCUT2D eigenvalue weighted by Crippen LogP contribution is -2.00. The maximum absolute atomic E-state index is 6.49. The van der Waals surface area contributed by atoms with Crippen LogP contribution in [0.4, 0.5) is 0 Å². The molecule has 0 radical (unpaired) electrons. The first-order chi connectivity index (χ1) is 28.2. The number of benzene rings is 8. The molecule has 0 spiro atoms. The average molecular weight is 731 g/mol. The van der Waals surface area contributed by atoms with Crippen molar-refractivity contribution in [3.63, 3.8) is 0 Å². The smallest absolute Gasteiger partial charge is 0.167 e. The summed E-state index contributed by atoms with van der Waals surface area (Å²) in [7, 11) is 0. The van der Waals surface area contributed by atoms with Crippen LogP contribution >= 0.6 is 0 Å². The second-order valence-corrected chi connectivity index (χ2v) is 14.4. The predicted octanol–water partition coefficient (Wildman–Crippen LogP) is 13.4. The van der Waals surface area contributed by atoms with Crippen molar-refractivity contribution in [2.75, 3.05) is 0 Å². The molecule has 4 aromatic heterocycles. The molecule has 0 aliphatic carbocycles. The van der Waals surface area contributed by atoms with Crippen molar-refractivity contribution in [2.45, 2.75) is 0 Å². The van der Waals surface area contributed by atoms with E-state index >= 15 is 0 Å². The first kappa shape index (κ1) is 31.5. The third-order valence-corrected chi connectivity index (χ3v) is 11.1. The van der Waals surface area contributed by atoms with Gasteiger partial charge in [0, 0.05) is 49.1 Å². The van der Waals surface area contributed by atoms with Gasteiger partial charge in [-0.05, 0) is 77.9 Å². The molecule has 0 fully saturated rings. The molecular formula is C51H30N4O2. The molecule has 0 bridgehead atoms. The number of hydrogen-bond donors (Lipinski definition) is 0. The molecular weight excluding hydrogens is 701 g/mol. The van der Waals surface area contributed by atoms with Crippen LogP contribution in [0.15, 0.2) is 191 Å². The fraction of sp³-hybridized carbons (Fsp3) is 0. The van der Waals surface area contributed by atoms with Crippen molar-refractivity contribution in [1.29, 1.82) is 0 Å². The monoisotopic (exact) mass is 730 g/mol. The SMILES string of the molecule is c1ccc(-c2cccc(-n3c4ccccc4c4cc(-c5nc(-c6ccc7c(c6)oc6ccccc67)nc(-c6cccc7c6oc6ccccc67)n5)ccc43)c2)cc1. The molecule has 0 N–H and O–H groups in total. The molecule has 4 heterocycles. The summed E-state index contributed by atoms with van der Waals surface area (Å²) in [6.45, 7) is 0. The molecule has 12 rings (SSSR count). The molecule has 266 valence electrons. The third kappa shape index (κ3) is 5.01. The van der Waals surface area contributed by atoms with Crippen molar-refractivity contribution >= 4 is 65.7 Å². The van der Waals surface area contributed by atoms with Crippen molar-refractivity contribution in [1.82, 2.24) is 19.5 Å². The first-order valence-electron chi connectivity index (χ1n) is 19.0. The Morgan fingerprint density at radius 2 is 0.930 bits per heavy atom. The zero-order chi connectivity index (χ0) is 37.5. The van der Waals surface area contributed by atoms with Gasteiger partial charge in [0.05, 0.1) is 16.6 Å². The van der Waals surface area contributed by atoms with Crippen LogP contribution in [0.5, 0.6) is 0 Å². The van der Waals surface area contributed by atoms with Crippen LogP contribution in [-0.4, -0.2) is 19.5 Å². The average Bonchev–Trinajstić information content (AvgIpc) is 3.96. The third-order valence-electron chi connectivity index (χ3n) is 11.1. The van der Waals surface area contributed by atoms with Gasteiger partial charge < -0.3 is 13.4 Å². The topological polar surface area (TPSA) is 69.9 Å². The van der Waals surface area contributed by atoms with Crippen LogP contribution in [0, 0.1) is 0 Å². The molecule has 57 heavy (non-hydrogen) atoms. The highest BCUT2D eigenvalue weighted by Crippen LogP contribution is 2.39. The standard InChI is InChI=1S/C51H30N4O2/c1-2-12-31(13-3-1)32-14-10-15-35(28-32)55-43-21-7-4-16-36(43)42-29-33(25-27-44(42)55)49-52-50(34-24-26-39-37-17-5-8-22-45(37)56-47(39)30-34)54-51(53-49)41-20-11-19-40-38-18-6-9-23-46(38)57-48(40)41/h1-30H. The minimum atomic E-state index is 0.532. The van der Waals surface area contributed by atoms with Gasteiger partial charge in [0.2, 0.25) is 0 Å². The van der Waals surface area contributed by atoms with E-state index in [0.717, 1.165) is 88.1 Å². The maximum atomic E-state index is 6.49. The zero-order valence-electron chi connectivity index (χ0n) is 30.4. The van der Waals surface area contributed by atoms with Gasteiger partial charge in [0.15, 0.2) is 17.5 Å². The maximum Gasteiger partial charge on any atom is 0.167 e. The van der Waals surface area contributed by atoms with Crippen molar-refractivity contribution in [3.05, 3.63) is 182 Å². The summed E-state index contributed by atoms with van der Waals surface area (Å²) >= 11 is 0. The second kappa shape index (κ2) is 12.3. The van der Waals surface area contributed by atoms with Gasteiger partial charge in [-0.25, -0.2) is 15.0 Å². The van der Waals surface area contributed by atoms with E-state index in [2.05, 4.69) is 132 Å². The lowest BCUT2D eigenvalue weighted by atomic mass is 10.1. The van der Waals surface area contributed by atoms with E-state index in [1.807, 2.05) is 54.6 Å². The Balaban J connectivity index is 1.07. The fourth-order valence-corrected chi connectivity index (χ4v) is 8.39. The Morgan fingerprint density at radius 1 is 0.333 bits per heavy atom. The summed E-state index contributed by atoms with van der Waals surface area (Å²) in [6.07, 6.45) is 0. The summed E-state index contributed by atoms with van der Waals surface area (Å²) in [6, 6.07) is 62.9. The molecule has 0 atom stereocenters. The van der Waals surface area contributed by atoms with Crippen molar-refractivity contribution in [3.8, 4) is 51.0 Å². The quantitative estimate of drug-likeness (QED) is 0.176. The molecule has 0 aliphatic heterocycles. The number of fused-ring (bicyclic) bond motifs is 9. The fourth-order valence-electron chi connectivity index (χ4n) is 8.39. The van der Waals surface area contributed by atoms with E-state index < -0.39 is 0 Å². The number of hydrogen-bond acceptors (Lipinski definition) is 5. The Kier molecular flexibility index (Phi) is 6.83. The summed E-state index contributed by atoms with van der Waals surface area (Å²) in [5.74, 6) is 1.65. The highest BCUT2D eigenvalue weighted by Gasteiger charge is 2.20. The normalized spacial score (nSPS) is 11.9. The minimum absolute atomic E-state index is 0.532. The van der Waals surface area contributed by atoms with E-state index in [4.69, 9.17) is 23.8 Å². The van der Waals surface area contributed by atoms with Gasteiger partial charge in [-0.1, -0.05) is 115 Å². The highest BCUT2D eigenvalue weighted by atomic mass is 16.3. The lowest BCUT2D eigenvalue weighted by molar-refractivity contribution is 0.668. The predicted molar refractivity (Wildman–Crippen MR) is 230 cm³/mol. The summed E-state index contributed by atoms with van der Waals surface area (Å²) in [4.78, 5) is 15.5. The van der Waals surface area contributed by atoms with E-state index in [1.54, 1.807) is 0 Å². The lowest BCUT2D eigenvalue weighted by Gasteiger charge is -2.11. The highest BCUT2D eigenvalue weighted by molar-refractivity contribution is 6.11. The molecule has 0 saturated carbocycles. The Morgan fingerprint density at radius 3 is 1.77 bits per heavy atom. The van der Waals surface area contributed by atoms with Gasteiger partial charge in [-0.3, -0.25) is 0 Å². The number of rotatable bonds is 5. The number of para-hydroxylation sites is 4. The number of furan rings is 2. The Labute approximate surface area is 325 Å². The molecule has 12 aromatic rings. The minimum Gasteiger partial charge on any atom is -0.456 e. The van der Waals surface area contributed by atoms with Gasteiger partial charge in [0.1, 0.15) is 22.3 Å². The van der Waals surface area contributed by atoms with Crippen LogP contribution in [0.25, 0.3) is 117 Å². The van der Waals surface area contributed by atoms with Crippen molar-refractivity contribution in [2.24, 2.45) is 0 Å². The van der Waals surface area contributed by atoms with Gasteiger partial charge in [0.25, 0.3) is 0 Å². The van der Waals surface area contributed by atoms with Crippen LogP contribution in [0.1, 0.15) is 0 Å². The van der Waals surface area contributed by atoms with Gasteiger partial charge in [-0.2, -0.15) is 0 Å². The largest absolute Gasteiger partial charge is 0.456 e. The van der Waals surface area contributed by atoms with Gasteiger partial charge >= 0.3 is 0 Å². The summed E-state index contributed by atoms with van der Waals surface area (Å²) in [5, 5.41) is 6.45. The molecule has 6 nitrogen and oxygen atoms in total. The van der Waals surface area contributed by atoms with Crippen LogP contribution in [-0.2, 0) is 0 Å².